The van der Waals surface area contributed by atoms with Gasteiger partial charge in [0.2, 0.25) is 15.9 Å². The van der Waals surface area contributed by atoms with Gasteiger partial charge in [0, 0.05) is 24.5 Å². The first kappa shape index (κ1) is 20.4. The predicted octanol–water partition coefficient (Wildman–Crippen LogP) is 3.53. The number of hydrogen-bond donors (Lipinski definition) is 2. The molecule has 1 saturated heterocycles. The van der Waals surface area contributed by atoms with Gasteiger partial charge in [0.15, 0.2) is 0 Å². The van der Waals surface area contributed by atoms with E-state index in [0.29, 0.717) is 18.8 Å². The van der Waals surface area contributed by atoms with E-state index in [1.54, 1.807) is 22.5 Å². The minimum Gasteiger partial charge on any atom is -0.376 e. The molecule has 1 amide bonds. The number of piperidine rings is 1. The second kappa shape index (κ2) is 8.75. The molecule has 6 nitrogen and oxygen atoms in total. The van der Waals surface area contributed by atoms with Crippen LogP contribution in [0.4, 0.5) is 11.4 Å². The second-order valence-electron chi connectivity index (χ2n) is 7.21. The van der Waals surface area contributed by atoms with Crippen molar-refractivity contribution in [3.05, 3.63) is 53.6 Å². The molecular weight excluding hydrogens is 374 g/mol. The van der Waals surface area contributed by atoms with Crippen molar-refractivity contribution < 1.29 is 13.2 Å². The third-order valence-electron chi connectivity index (χ3n) is 4.94. The smallest absolute Gasteiger partial charge is 0.243 e. The summed E-state index contributed by atoms with van der Waals surface area (Å²) in [6.45, 7) is 5.07. The number of anilines is 2. The van der Waals surface area contributed by atoms with Crippen LogP contribution in [-0.4, -0.2) is 38.3 Å². The van der Waals surface area contributed by atoms with Crippen molar-refractivity contribution in [1.29, 1.82) is 0 Å². The highest BCUT2D eigenvalue weighted by molar-refractivity contribution is 7.89. The molecule has 0 atom stereocenters. The Hall–Kier alpha value is -2.38. The van der Waals surface area contributed by atoms with Crippen molar-refractivity contribution >= 4 is 27.3 Å². The molecule has 2 N–H and O–H groups in total. The number of nitrogens with zero attached hydrogens (tertiary/aromatic N) is 1. The highest BCUT2D eigenvalue weighted by Gasteiger charge is 2.26. The molecule has 2 aromatic rings. The van der Waals surface area contributed by atoms with E-state index in [1.165, 1.54) is 0 Å². The highest BCUT2D eigenvalue weighted by atomic mass is 32.2. The van der Waals surface area contributed by atoms with Gasteiger partial charge in [0.25, 0.3) is 0 Å². The lowest BCUT2D eigenvalue weighted by Crippen LogP contribution is -2.35. The van der Waals surface area contributed by atoms with Crippen molar-refractivity contribution in [2.45, 2.75) is 38.0 Å². The average Bonchev–Trinajstić information content (AvgIpc) is 2.69. The van der Waals surface area contributed by atoms with Crippen LogP contribution in [0, 0.1) is 13.8 Å². The zero-order valence-corrected chi connectivity index (χ0v) is 17.2. The molecule has 0 radical (unpaired) electrons. The molecule has 1 aliphatic heterocycles. The Balaban J connectivity index is 1.67. The third-order valence-corrected chi connectivity index (χ3v) is 6.83. The second-order valence-corrected chi connectivity index (χ2v) is 9.15. The van der Waals surface area contributed by atoms with Gasteiger partial charge < -0.3 is 10.6 Å². The van der Waals surface area contributed by atoms with Gasteiger partial charge >= 0.3 is 0 Å². The summed E-state index contributed by atoms with van der Waals surface area (Å²) in [5, 5.41) is 5.89. The minimum atomic E-state index is -3.50. The molecule has 28 heavy (non-hydrogen) atoms. The zero-order valence-electron chi connectivity index (χ0n) is 16.4. The van der Waals surface area contributed by atoms with Crippen LogP contribution in [0.15, 0.2) is 47.4 Å². The summed E-state index contributed by atoms with van der Waals surface area (Å²) in [4.78, 5) is 12.5. The van der Waals surface area contributed by atoms with Crippen molar-refractivity contribution in [2.24, 2.45) is 0 Å². The normalized spacial score (nSPS) is 15.2. The quantitative estimate of drug-likeness (QED) is 0.776. The van der Waals surface area contributed by atoms with Gasteiger partial charge in [0.1, 0.15) is 0 Å². The van der Waals surface area contributed by atoms with E-state index in [9.17, 15) is 13.2 Å². The fraction of sp³-hybridized carbons (Fsp3) is 0.381. The Kier molecular flexibility index (Phi) is 6.36. The zero-order chi connectivity index (χ0) is 20.1. The number of carbonyl (C=O) groups is 1. The maximum atomic E-state index is 12.9. The summed E-state index contributed by atoms with van der Waals surface area (Å²) in [5.74, 6) is -0.187. The van der Waals surface area contributed by atoms with Gasteiger partial charge in [0.05, 0.1) is 11.4 Å². The molecule has 7 heteroatoms. The first-order chi connectivity index (χ1) is 13.4. The number of amides is 1. The standard InChI is InChI=1S/C21H27N3O3S/c1-16-6-9-18(10-7-16)23-21(25)15-22-20-14-19(11-8-17(20)2)28(26,27)24-12-4-3-5-13-24/h6-11,14,22H,3-5,12-13,15H2,1-2H3,(H,23,25). The molecule has 150 valence electrons. The molecule has 3 rings (SSSR count). The molecule has 0 aromatic heterocycles. The number of sulfonamides is 1. The molecule has 0 unspecified atom stereocenters. The van der Waals surface area contributed by atoms with E-state index < -0.39 is 10.0 Å². The summed E-state index contributed by atoms with van der Waals surface area (Å²) >= 11 is 0. The van der Waals surface area contributed by atoms with Crippen LogP contribution in [0.3, 0.4) is 0 Å². The van der Waals surface area contributed by atoms with Crippen LogP contribution >= 0.6 is 0 Å². The molecule has 1 fully saturated rings. The lowest BCUT2D eigenvalue weighted by Gasteiger charge is -2.26. The average molecular weight is 402 g/mol. The topological polar surface area (TPSA) is 78.5 Å². The Labute approximate surface area is 167 Å². The number of aryl methyl sites for hydroxylation is 2. The lowest BCUT2D eigenvalue weighted by molar-refractivity contribution is -0.114. The molecule has 0 saturated carbocycles. The fourth-order valence-corrected chi connectivity index (χ4v) is 4.77. The number of rotatable bonds is 6. The SMILES string of the molecule is Cc1ccc(NC(=O)CNc2cc(S(=O)(=O)N3CCCCC3)ccc2C)cc1. The largest absolute Gasteiger partial charge is 0.376 e. The summed E-state index contributed by atoms with van der Waals surface area (Å²) in [6, 6.07) is 12.6. The van der Waals surface area contributed by atoms with Crippen LogP contribution < -0.4 is 10.6 Å². The van der Waals surface area contributed by atoms with Crippen LogP contribution in [0.2, 0.25) is 0 Å². The van der Waals surface area contributed by atoms with Crippen molar-refractivity contribution in [3.63, 3.8) is 0 Å². The Bertz CT molecular complexity index is 934. The fourth-order valence-electron chi connectivity index (χ4n) is 3.22. The first-order valence-electron chi connectivity index (χ1n) is 9.57. The van der Waals surface area contributed by atoms with E-state index in [-0.39, 0.29) is 17.3 Å². The molecule has 0 bridgehead atoms. The van der Waals surface area contributed by atoms with E-state index >= 15 is 0 Å². The molecule has 0 spiro atoms. The number of nitrogens with one attached hydrogen (secondary N) is 2. The van der Waals surface area contributed by atoms with E-state index in [1.807, 2.05) is 38.1 Å². The molecule has 2 aromatic carbocycles. The highest BCUT2D eigenvalue weighted by Crippen LogP contribution is 2.25. The van der Waals surface area contributed by atoms with E-state index in [2.05, 4.69) is 10.6 Å². The van der Waals surface area contributed by atoms with Crippen molar-refractivity contribution in [3.8, 4) is 0 Å². The van der Waals surface area contributed by atoms with Crippen LogP contribution in [0.25, 0.3) is 0 Å². The maximum Gasteiger partial charge on any atom is 0.243 e. The first-order valence-corrected chi connectivity index (χ1v) is 11.0. The minimum absolute atomic E-state index is 0.0575. The van der Waals surface area contributed by atoms with E-state index in [0.717, 1.165) is 36.1 Å². The van der Waals surface area contributed by atoms with Gasteiger partial charge in [-0.3, -0.25) is 4.79 Å². The Morgan fingerprint density at radius 1 is 1.00 bits per heavy atom. The Morgan fingerprint density at radius 2 is 1.68 bits per heavy atom. The number of carbonyl (C=O) groups excluding carboxylic acids is 1. The molecule has 0 aliphatic carbocycles. The van der Waals surface area contributed by atoms with Gasteiger partial charge in [-0.15, -0.1) is 0 Å². The van der Waals surface area contributed by atoms with Gasteiger partial charge in [-0.25, -0.2) is 8.42 Å². The van der Waals surface area contributed by atoms with Crippen LogP contribution in [0.1, 0.15) is 30.4 Å². The van der Waals surface area contributed by atoms with Crippen LogP contribution in [-0.2, 0) is 14.8 Å². The van der Waals surface area contributed by atoms with Gasteiger partial charge in [-0.2, -0.15) is 4.31 Å². The third kappa shape index (κ3) is 4.91. The van der Waals surface area contributed by atoms with Crippen molar-refractivity contribution in [1.82, 2.24) is 4.31 Å². The Morgan fingerprint density at radius 3 is 2.36 bits per heavy atom. The number of benzene rings is 2. The van der Waals surface area contributed by atoms with Gasteiger partial charge in [-0.1, -0.05) is 30.2 Å². The monoisotopic (exact) mass is 401 g/mol. The summed E-state index contributed by atoms with van der Waals surface area (Å²) in [7, 11) is -3.50. The molecule has 1 heterocycles. The van der Waals surface area contributed by atoms with Gasteiger partial charge in [-0.05, 0) is 56.5 Å². The predicted molar refractivity (Wildman–Crippen MR) is 112 cm³/mol. The summed E-state index contributed by atoms with van der Waals surface area (Å²) in [6.07, 6.45) is 2.87. The summed E-state index contributed by atoms with van der Waals surface area (Å²) < 4.78 is 27.3. The lowest BCUT2D eigenvalue weighted by atomic mass is 10.2. The van der Waals surface area contributed by atoms with E-state index in [4.69, 9.17) is 0 Å². The van der Waals surface area contributed by atoms with Crippen LogP contribution in [0.5, 0.6) is 0 Å². The summed E-state index contributed by atoms with van der Waals surface area (Å²) in [5.41, 5.74) is 3.40. The molecular formula is C21H27N3O3S. The van der Waals surface area contributed by atoms with Crippen molar-refractivity contribution in [2.75, 3.05) is 30.3 Å². The molecule has 1 aliphatic rings. The maximum absolute atomic E-state index is 12.9. The number of hydrogen-bond acceptors (Lipinski definition) is 4.